The van der Waals surface area contributed by atoms with Gasteiger partial charge in [-0.15, -0.1) is 0 Å². The zero-order valence-electron chi connectivity index (χ0n) is 14.2. The molecule has 0 aromatic heterocycles. The van der Waals surface area contributed by atoms with Crippen LogP contribution in [-0.4, -0.2) is 48.2 Å². The van der Waals surface area contributed by atoms with Crippen molar-refractivity contribution in [1.82, 2.24) is 10.2 Å². The summed E-state index contributed by atoms with van der Waals surface area (Å²) in [6, 6.07) is 1.02. The van der Waals surface area contributed by atoms with Gasteiger partial charge in [0.15, 0.2) is 0 Å². The van der Waals surface area contributed by atoms with Crippen molar-refractivity contribution in [3.8, 4) is 0 Å². The lowest BCUT2D eigenvalue weighted by molar-refractivity contribution is -0.154. The van der Waals surface area contributed by atoms with Gasteiger partial charge in [-0.3, -0.25) is 10.2 Å². The Labute approximate surface area is 129 Å². The number of esters is 1. The van der Waals surface area contributed by atoms with Crippen LogP contribution in [0.25, 0.3) is 0 Å². The van der Waals surface area contributed by atoms with Crippen molar-refractivity contribution in [2.24, 2.45) is 5.92 Å². The van der Waals surface area contributed by atoms with E-state index in [0.29, 0.717) is 24.6 Å². The van der Waals surface area contributed by atoms with E-state index < -0.39 is 5.54 Å². The summed E-state index contributed by atoms with van der Waals surface area (Å²) < 4.78 is 5.47. The number of ether oxygens (including phenoxy) is 1. The van der Waals surface area contributed by atoms with Crippen LogP contribution in [-0.2, 0) is 9.53 Å². The summed E-state index contributed by atoms with van der Waals surface area (Å²) in [6.45, 7) is 10.8. The third-order valence-electron chi connectivity index (χ3n) is 5.03. The van der Waals surface area contributed by atoms with Gasteiger partial charge in [-0.2, -0.15) is 0 Å². The van der Waals surface area contributed by atoms with E-state index in [9.17, 15) is 4.79 Å². The highest BCUT2D eigenvalue weighted by molar-refractivity contribution is 5.82. The fraction of sp³-hybridized carbons (Fsp3) is 0.941. The first-order valence-electron chi connectivity index (χ1n) is 8.76. The molecule has 4 heteroatoms. The zero-order chi connectivity index (χ0) is 15.5. The van der Waals surface area contributed by atoms with Gasteiger partial charge in [0.1, 0.15) is 5.54 Å². The smallest absolute Gasteiger partial charge is 0.327 e. The molecule has 21 heavy (non-hydrogen) atoms. The molecule has 2 saturated carbocycles. The lowest BCUT2D eigenvalue weighted by atomic mass is 9.91. The second-order valence-electron chi connectivity index (χ2n) is 6.71. The minimum absolute atomic E-state index is 0.0267. The van der Waals surface area contributed by atoms with Crippen molar-refractivity contribution in [3.63, 3.8) is 0 Å². The molecule has 2 unspecified atom stereocenters. The van der Waals surface area contributed by atoms with Crippen molar-refractivity contribution >= 4 is 5.97 Å². The number of nitrogens with one attached hydrogen (secondary N) is 1. The van der Waals surface area contributed by atoms with Crippen LogP contribution in [0.5, 0.6) is 0 Å². The highest BCUT2D eigenvalue weighted by Crippen LogP contribution is 2.43. The van der Waals surface area contributed by atoms with E-state index in [-0.39, 0.29) is 5.97 Å². The molecule has 0 saturated heterocycles. The number of carbonyl (C=O) groups is 1. The van der Waals surface area contributed by atoms with E-state index >= 15 is 0 Å². The molecular formula is C17H32N2O2. The standard InChI is InChI=1S/C17H32N2O2/c1-5-13(4)19(6-2)12-17(14-8-9-14,16(20)21-7-3)18-15-10-11-15/h13-15,18H,5-12H2,1-4H3. The predicted octanol–water partition coefficient (Wildman–Crippen LogP) is 2.57. The van der Waals surface area contributed by atoms with Crippen LogP contribution < -0.4 is 5.32 Å². The molecule has 2 aliphatic rings. The maximum absolute atomic E-state index is 12.8. The number of carbonyl (C=O) groups excluding carboxylic acids is 1. The molecule has 0 aromatic rings. The molecule has 1 N–H and O–H groups in total. The van der Waals surface area contributed by atoms with Crippen LogP contribution in [0, 0.1) is 5.92 Å². The monoisotopic (exact) mass is 296 g/mol. The van der Waals surface area contributed by atoms with Crippen molar-refractivity contribution in [3.05, 3.63) is 0 Å². The molecule has 0 amide bonds. The first kappa shape index (κ1) is 16.8. The quantitative estimate of drug-likeness (QED) is 0.629. The average molecular weight is 296 g/mol. The molecule has 0 aliphatic heterocycles. The Balaban J connectivity index is 2.17. The van der Waals surface area contributed by atoms with Crippen LogP contribution in [0.1, 0.15) is 59.8 Å². The molecule has 2 fully saturated rings. The van der Waals surface area contributed by atoms with Gasteiger partial charge in [0, 0.05) is 18.6 Å². The van der Waals surface area contributed by atoms with E-state index in [4.69, 9.17) is 4.74 Å². The highest BCUT2D eigenvalue weighted by Gasteiger charge is 2.54. The van der Waals surface area contributed by atoms with Gasteiger partial charge in [-0.1, -0.05) is 13.8 Å². The van der Waals surface area contributed by atoms with Crippen molar-refractivity contribution < 1.29 is 9.53 Å². The Hall–Kier alpha value is -0.610. The molecule has 0 bridgehead atoms. The van der Waals surface area contributed by atoms with Crippen LogP contribution in [0.4, 0.5) is 0 Å². The summed E-state index contributed by atoms with van der Waals surface area (Å²) in [5.74, 6) is 0.427. The van der Waals surface area contributed by atoms with Gasteiger partial charge < -0.3 is 4.74 Å². The molecular weight excluding hydrogens is 264 g/mol. The molecule has 2 rings (SSSR count). The Morgan fingerprint density at radius 2 is 1.95 bits per heavy atom. The van der Waals surface area contributed by atoms with Gasteiger partial charge in [0.2, 0.25) is 0 Å². The second kappa shape index (κ2) is 7.10. The van der Waals surface area contributed by atoms with Crippen LogP contribution in [0.15, 0.2) is 0 Å². The van der Waals surface area contributed by atoms with E-state index in [0.717, 1.165) is 32.4 Å². The zero-order valence-corrected chi connectivity index (χ0v) is 14.2. The first-order valence-corrected chi connectivity index (χ1v) is 8.76. The fourth-order valence-corrected chi connectivity index (χ4v) is 3.17. The fourth-order valence-electron chi connectivity index (χ4n) is 3.17. The van der Waals surface area contributed by atoms with E-state index in [1.165, 1.54) is 12.8 Å². The molecule has 2 aliphatic carbocycles. The van der Waals surface area contributed by atoms with Crippen molar-refractivity contribution in [2.75, 3.05) is 19.7 Å². The Morgan fingerprint density at radius 3 is 2.38 bits per heavy atom. The summed E-state index contributed by atoms with van der Waals surface area (Å²) in [6.07, 6.45) is 5.81. The number of rotatable bonds is 10. The summed E-state index contributed by atoms with van der Waals surface area (Å²) in [5, 5.41) is 3.68. The van der Waals surface area contributed by atoms with Gasteiger partial charge in [0.05, 0.1) is 6.61 Å². The number of likely N-dealkylation sites (N-methyl/N-ethyl adjacent to an activating group) is 1. The third-order valence-corrected chi connectivity index (χ3v) is 5.03. The van der Waals surface area contributed by atoms with Gasteiger partial charge in [0.25, 0.3) is 0 Å². The molecule has 2 atom stereocenters. The van der Waals surface area contributed by atoms with Crippen molar-refractivity contribution in [1.29, 1.82) is 0 Å². The van der Waals surface area contributed by atoms with Crippen LogP contribution >= 0.6 is 0 Å². The third kappa shape index (κ3) is 3.98. The molecule has 0 aromatic carbocycles. The SMILES string of the molecule is CCOC(=O)C(CN(CC)C(C)CC)(NC1CC1)C1CC1. The maximum Gasteiger partial charge on any atom is 0.327 e. The minimum atomic E-state index is -0.476. The minimum Gasteiger partial charge on any atom is -0.465 e. The molecule has 122 valence electrons. The molecule has 4 nitrogen and oxygen atoms in total. The van der Waals surface area contributed by atoms with E-state index in [1.807, 2.05) is 6.92 Å². The van der Waals surface area contributed by atoms with Gasteiger partial charge in [-0.05, 0) is 58.4 Å². The average Bonchev–Trinajstić information content (AvgIpc) is 3.35. The van der Waals surface area contributed by atoms with E-state index in [2.05, 4.69) is 31.0 Å². The first-order chi connectivity index (χ1) is 10.1. The lowest BCUT2D eigenvalue weighted by Gasteiger charge is -2.39. The van der Waals surface area contributed by atoms with Gasteiger partial charge in [-0.25, -0.2) is 4.79 Å². The predicted molar refractivity (Wildman–Crippen MR) is 85.2 cm³/mol. The normalized spacial score (nSPS) is 22.9. The highest BCUT2D eigenvalue weighted by atomic mass is 16.5. The summed E-state index contributed by atoms with van der Waals surface area (Å²) in [5.41, 5.74) is -0.476. The molecule has 0 heterocycles. The lowest BCUT2D eigenvalue weighted by Crippen LogP contribution is -2.63. The van der Waals surface area contributed by atoms with Crippen LogP contribution in [0.2, 0.25) is 0 Å². The number of nitrogens with zero attached hydrogens (tertiary/aromatic N) is 1. The summed E-state index contributed by atoms with van der Waals surface area (Å²) in [4.78, 5) is 15.2. The molecule has 0 radical (unpaired) electrons. The summed E-state index contributed by atoms with van der Waals surface area (Å²) >= 11 is 0. The van der Waals surface area contributed by atoms with Gasteiger partial charge >= 0.3 is 5.97 Å². The Morgan fingerprint density at radius 1 is 1.29 bits per heavy atom. The molecule has 0 spiro atoms. The number of hydrogen-bond donors (Lipinski definition) is 1. The Bertz CT molecular complexity index is 353. The summed E-state index contributed by atoms with van der Waals surface area (Å²) in [7, 11) is 0. The topological polar surface area (TPSA) is 41.6 Å². The second-order valence-corrected chi connectivity index (χ2v) is 6.71. The van der Waals surface area contributed by atoms with Crippen molar-refractivity contribution in [2.45, 2.75) is 77.4 Å². The van der Waals surface area contributed by atoms with E-state index in [1.54, 1.807) is 0 Å². The Kier molecular flexibility index (Phi) is 5.67. The maximum atomic E-state index is 12.8. The largest absolute Gasteiger partial charge is 0.465 e. The van der Waals surface area contributed by atoms with Crippen LogP contribution in [0.3, 0.4) is 0 Å². The number of hydrogen-bond acceptors (Lipinski definition) is 4.